The summed E-state index contributed by atoms with van der Waals surface area (Å²) >= 11 is 22.0. The minimum Gasteiger partial charge on any atom is -0.490 e. The van der Waals surface area contributed by atoms with Crippen molar-refractivity contribution in [1.29, 1.82) is 0 Å². The maximum absolute atomic E-state index is 13.6. The van der Waals surface area contributed by atoms with Crippen molar-refractivity contribution in [2.75, 3.05) is 11.5 Å². The van der Waals surface area contributed by atoms with Crippen molar-refractivity contribution in [2.45, 2.75) is 13.5 Å². The minimum atomic E-state index is -0.567. The molecule has 3 aromatic carbocycles. The van der Waals surface area contributed by atoms with Crippen molar-refractivity contribution in [1.82, 2.24) is 0 Å². The van der Waals surface area contributed by atoms with Gasteiger partial charge in [-0.3, -0.25) is 9.69 Å². The van der Waals surface area contributed by atoms with E-state index in [0.717, 1.165) is 22.9 Å². The summed E-state index contributed by atoms with van der Waals surface area (Å²) in [7, 11) is 0. The first-order chi connectivity index (χ1) is 16.8. The van der Waals surface area contributed by atoms with Gasteiger partial charge in [-0.05, 0) is 82.5 Å². The summed E-state index contributed by atoms with van der Waals surface area (Å²) in [6.45, 7) is 2.64. The van der Waals surface area contributed by atoms with E-state index < -0.39 is 5.82 Å². The molecule has 180 valence electrons. The van der Waals surface area contributed by atoms with Gasteiger partial charge in [0.2, 0.25) is 0 Å². The lowest BCUT2D eigenvalue weighted by atomic mass is 10.1. The van der Waals surface area contributed by atoms with E-state index in [0.29, 0.717) is 49.1 Å². The molecule has 0 spiro atoms. The molecular weight excluding hydrogens is 596 g/mol. The maximum atomic E-state index is 13.6. The number of anilines is 1. The normalized spacial score (nSPS) is 14.7. The summed E-state index contributed by atoms with van der Waals surface area (Å²) in [5.74, 6) is 0.193. The highest BCUT2D eigenvalue weighted by Gasteiger charge is 2.33. The van der Waals surface area contributed by atoms with Crippen LogP contribution in [-0.4, -0.2) is 16.8 Å². The van der Waals surface area contributed by atoms with Crippen LogP contribution in [-0.2, 0) is 11.4 Å². The van der Waals surface area contributed by atoms with Crippen molar-refractivity contribution < 1.29 is 18.7 Å². The van der Waals surface area contributed by atoms with Gasteiger partial charge in [0.25, 0.3) is 5.91 Å². The second kappa shape index (κ2) is 11.3. The number of thioether (sulfide) groups is 1. The van der Waals surface area contributed by atoms with Gasteiger partial charge < -0.3 is 9.47 Å². The highest BCUT2D eigenvalue weighted by atomic mass is 79.9. The van der Waals surface area contributed by atoms with Crippen LogP contribution in [0.3, 0.4) is 0 Å². The fourth-order valence-corrected chi connectivity index (χ4v) is 5.45. The third-order valence-electron chi connectivity index (χ3n) is 4.88. The Morgan fingerprint density at radius 3 is 2.54 bits per heavy atom. The van der Waals surface area contributed by atoms with Crippen LogP contribution in [0.25, 0.3) is 6.08 Å². The number of benzene rings is 3. The molecule has 35 heavy (non-hydrogen) atoms. The first kappa shape index (κ1) is 26.0. The van der Waals surface area contributed by atoms with Gasteiger partial charge in [-0.1, -0.05) is 59.3 Å². The monoisotopic (exact) mass is 611 g/mol. The van der Waals surface area contributed by atoms with E-state index in [1.165, 1.54) is 23.1 Å². The molecule has 1 fully saturated rings. The van der Waals surface area contributed by atoms with Crippen molar-refractivity contribution in [2.24, 2.45) is 0 Å². The van der Waals surface area contributed by atoms with Crippen LogP contribution in [0.2, 0.25) is 10.0 Å². The summed E-state index contributed by atoms with van der Waals surface area (Å²) in [6, 6.07) is 15.1. The highest BCUT2D eigenvalue weighted by Crippen LogP contribution is 2.41. The molecule has 4 nitrogen and oxygen atoms in total. The minimum absolute atomic E-state index is 0.0833. The van der Waals surface area contributed by atoms with Gasteiger partial charge in [-0.15, -0.1) is 0 Å². The second-order valence-electron chi connectivity index (χ2n) is 7.29. The Morgan fingerprint density at radius 2 is 1.86 bits per heavy atom. The molecule has 0 N–H and O–H groups in total. The summed E-state index contributed by atoms with van der Waals surface area (Å²) in [4.78, 5) is 14.8. The van der Waals surface area contributed by atoms with Gasteiger partial charge in [-0.25, -0.2) is 4.39 Å². The molecule has 0 bridgehead atoms. The average Bonchev–Trinajstić information content (AvgIpc) is 3.09. The molecule has 10 heteroatoms. The summed E-state index contributed by atoms with van der Waals surface area (Å²) in [5, 5.41) is 0.572. The Hall–Kier alpha value is -2.10. The summed E-state index contributed by atoms with van der Waals surface area (Å²) in [6.07, 6.45) is 1.72. The van der Waals surface area contributed by atoms with Crippen LogP contribution in [0.5, 0.6) is 11.5 Å². The van der Waals surface area contributed by atoms with E-state index in [2.05, 4.69) is 15.9 Å². The Labute approximate surface area is 230 Å². The average molecular weight is 613 g/mol. The second-order valence-corrected chi connectivity index (χ2v) is 10.7. The fourth-order valence-electron chi connectivity index (χ4n) is 3.28. The number of nitrogens with zero attached hydrogens (tertiary/aromatic N) is 1. The number of carbonyl (C=O) groups is 1. The standard InChI is InChI=1S/C25H17BrCl2FNO3S2/c1-2-32-21-10-15(9-18(26)23(21)33-13-14-3-5-16(27)6-4-14)11-22-24(31)30(25(34)35-22)17-7-8-20(29)19(28)12-17/h3-12H,2,13H2,1H3/b22-11+. The third-order valence-corrected chi connectivity index (χ3v) is 7.31. The van der Waals surface area contributed by atoms with E-state index in [9.17, 15) is 9.18 Å². The van der Waals surface area contributed by atoms with Gasteiger partial charge in [0, 0.05) is 5.02 Å². The Balaban J connectivity index is 1.60. The molecule has 0 unspecified atom stereocenters. The molecular formula is C25H17BrCl2FNO3S2. The fraction of sp³-hybridized carbons (Fsp3) is 0.120. The van der Waals surface area contributed by atoms with E-state index in [1.807, 2.05) is 25.1 Å². The largest absolute Gasteiger partial charge is 0.490 e. The maximum Gasteiger partial charge on any atom is 0.270 e. The number of ether oxygens (including phenoxy) is 2. The SMILES string of the molecule is CCOc1cc(/C=C2/SC(=S)N(c3ccc(F)c(Cl)c3)C2=O)cc(Br)c1OCc1ccc(Cl)cc1. The number of hydrogen-bond acceptors (Lipinski definition) is 5. The van der Waals surface area contributed by atoms with Gasteiger partial charge in [-0.2, -0.15) is 0 Å². The predicted octanol–water partition coefficient (Wildman–Crippen LogP) is 8.28. The molecule has 1 heterocycles. The van der Waals surface area contributed by atoms with E-state index >= 15 is 0 Å². The molecule has 0 aliphatic carbocycles. The Morgan fingerprint density at radius 1 is 1.11 bits per heavy atom. The van der Waals surface area contributed by atoms with Crippen LogP contribution in [0.15, 0.2) is 64.0 Å². The molecule has 0 radical (unpaired) electrons. The van der Waals surface area contributed by atoms with Crippen molar-refractivity contribution in [3.05, 3.63) is 91.0 Å². The summed E-state index contributed by atoms with van der Waals surface area (Å²) in [5.41, 5.74) is 2.08. The zero-order valence-corrected chi connectivity index (χ0v) is 22.9. The third kappa shape index (κ3) is 6.01. The number of thiocarbonyl (C=S) groups is 1. The van der Waals surface area contributed by atoms with Gasteiger partial charge >= 0.3 is 0 Å². The van der Waals surface area contributed by atoms with Crippen LogP contribution >= 0.6 is 63.1 Å². The molecule has 1 amide bonds. The van der Waals surface area contributed by atoms with Crippen LogP contribution < -0.4 is 14.4 Å². The number of amides is 1. The smallest absolute Gasteiger partial charge is 0.270 e. The molecule has 0 atom stereocenters. The molecule has 1 saturated heterocycles. The van der Waals surface area contributed by atoms with Crippen LogP contribution in [0.4, 0.5) is 10.1 Å². The summed E-state index contributed by atoms with van der Waals surface area (Å²) < 4.78 is 26.4. The van der Waals surface area contributed by atoms with Crippen molar-refractivity contribution in [3.63, 3.8) is 0 Å². The molecule has 0 aromatic heterocycles. The first-order valence-corrected chi connectivity index (χ1v) is 13.1. The molecule has 1 aliphatic heterocycles. The van der Waals surface area contributed by atoms with E-state index in [-0.39, 0.29) is 10.9 Å². The van der Waals surface area contributed by atoms with Crippen LogP contribution in [0, 0.1) is 5.82 Å². The van der Waals surface area contributed by atoms with Crippen molar-refractivity contribution in [3.8, 4) is 11.5 Å². The van der Waals surface area contributed by atoms with E-state index in [4.69, 9.17) is 44.9 Å². The zero-order chi connectivity index (χ0) is 25.1. The first-order valence-electron chi connectivity index (χ1n) is 10.3. The number of rotatable bonds is 7. The molecule has 0 saturated carbocycles. The van der Waals surface area contributed by atoms with E-state index in [1.54, 1.807) is 24.3 Å². The van der Waals surface area contributed by atoms with Gasteiger partial charge in [0.1, 0.15) is 12.4 Å². The lowest BCUT2D eigenvalue weighted by molar-refractivity contribution is -0.113. The Bertz CT molecular complexity index is 1340. The predicted molar refractivity (Wildman–Crippen MR) is 148 cm³/mol. The van der Waals surface area contributed by atoms with Crippen LogP contribution in [0.1, 0.15) is 18.1 Å². The van der Waals surface area contributed by atoms with Gasteiger partial charge in [0.05, 0.1) is 26.7 Å². The molecule has 1 aliphatic rings. The molecule has 3 aromatic rings. The quantitative estimate of drug-likeness (QED) is 0.198. The topological polar surface area (TPSA) is 38.8 Å². The zero-order valence-electron chi connectivity index (χ0n) is 18.2. The number of halogens is 4. The number of hydrogen-bond donors (Lipinski definition) is 0. The highest BCUT2D eigenvalue weighted by molar-refractivity contribution is 9.10. The lowest BCUT2D eigenvalue weighted by Crippen LogP contribution is -2.27. The Kier molecular flexibility index (Phi) is 8.39. The molecule has 4 rings (SSSR count). The lowest BCUT2D eigenvalue weighted by Gasteiger charge is -2.15. The number of carbonyl (C=O) groups excluding carboxylic acids is 1. The van der Waals surface area contributed by atoms with Gasteiger partial charge in [0.15, 0.2) is 15.8 Å². The van der Waals surface area contributed by atoms with Crippen molar-refractivity contribution >= 4 is 85.1 Å².